The second-order valence-electron chi connectivity index (χ2n) is 6.70. The van der Waals surface area contributed by atoms with Crippen molar-refractivity contribution in [3.8, 4) is 11.4 Å². The Bertz CT molecular complexity index is 1370. The molecule has 0 aliphatic rings. The fourth-order valence-electron chi connectivity index (χ4n) is 3.13. The average Bonchev–Trinajstić information content (AvgIpc) is 3.47. The highest BCUT2D eigenvalue weighted by Gasteiger charge is 2.19. The molecule has 3 aromatic heterocycles. The maximum absolute atomic E-state index is 14.2. The van der Waals surface area contributed by atoms with E-state index in [9.17, 15) is 9.18 Å². The lowest BCUT2D eigenvalue weighted by Crippen LogP contribution is -2.13. The van der Waals surface area contributed by atoms with E-state index in [1.165, 1.54) is 17.0 Å². The van der Waals surface area contributed by atoms with Crippen LogP contribution in [0.5, 0.6) is 0 Å². The molecule has 1 amide bonds. The zero-order valence-electron chi connectivity index (χ0n) is 16.1. The summed E-state index contributed by atoms with van der Waals surface area (Å²) in [7, 11) is 0. The van der Waals surface area contributed by atoms with Crippen LogP contribution in [0.2, 0.25) is 0 Å². The van der Waals surface area contributed by atoms with E-state index in [1.807, 2.05) is 30.3 Å². The van der Waals surface area contributed by atoms with E-state index < -0.39 is 5.91 Å². The summed E-state index contributed by atoms with van der Waals surface area (Å²) in [4.78, 5) is 21.6. The maximum atomic E-state index is 14.2. The van der Waals surface area contributed by atoms with Crippen molar-refractivity contribution >= 4 is 22.9 Å². The Morgan fingerprint density at radius 2 is 1.81 bits per heavy atom. The number of aromatic nitrogens is 5. The van der Waals surface area contributed by atoms with Crippen molar-refractivity contribution in [1.82, 2.24) is 25.0 Å². The van der Waals surface area contributed by atoms with Crippen LogP contribution in [0.25, 0.3) is 22.6 Å². The molecule has 5 aromatic rings. The molecule has 0 aliphatic carbocycles. The van der Waals surface area contributed by atoms with Crippen molar-refractivity contribution in [2.75, 3.05) is 5.32 Å². The number of benzene rings is 2. The molecule has 0 spiro atoms. The van der Waals surface area contributed by atoms with Gasteiger partial charge in [0.15, 0.2) is 28.6 Å². The average molecular weight is 414 g/mol. The minimum atomic E-state index is -0.479. The van der Waals surface area contributed by atoms with Crippen LogP contribution in [0.4, 0.5) is 10.2 Å². The Morgan fingerprint density at radius 1 is 1.00 bits per heavy atom. The molecule has 8 nitrogen and oxygen atoms in total. The number of fused-ring (bicyclic) bond motifs is 1. The summed E-state index contributed by atoms with van der Waals surface area (Å²) >= 11 is 0. The first kappa shape index (κ1) is 18.6. The number of nitrogens with zero attached hydrogens (tertiary/aromatic N) is 5. The number of rotatable bonds is 5. The fraction of sp³-hybridized carbons (Fsp3) is 0.0455. The maximum Gasteiger partial charge on any atom is 0.292 e. The summed E-state index contributed by atoms with van der Waals surface area (Å²) in [5, 5.41) is 11.0. The summed E-state index contributed by atoms with van der Waals surface area (Å²) in [5.41, 5.74) is 1.84. The summed E-state index contributed by atoms with van der Waals surface area (Å²) in [6, 6.07) is 18.9. The highest BCUT2D eigenvalue weighted by Crippen LogP contribution is 2.24. The molecule has 0 bridgehead atoms. The van der Waals surface area contributed by atoms with Gasteiger partial charge in [0, 0.05) is 11.1 Å². The third kappa shape index (κ3) is 3.64. The monoisotopic (exact) mass is 414 g/mol. The molecule has 0 fully saturated rings. The second kappa shape index (κ2) is 7.79. The Hall–Kier alpha value is -4.40. The zero-order valence-corrected chi connectivity index (χ0v) is 16.1. The molecular formula is C22H15FN6O2. The van der Waals surface area contributed by atoms with Gasteiger partial charge in [-0.15, -0.1) is 5.10 Å². The van der Waals surface area contributed by atoms with Crippen LogP contribution in [0.15, 0.2) is 77.4 Å². The molecular weight excluding hydrogens is 399 g/mol. The van der Waals surface area contributed by atoms with Crippen LogP contribution in [0, 0.1) is 5.82 Å². The molecule has 5 rings (SSSR count). The predicted molar refractivity (Wildman–Crippen MR) is 111 cm³/mol. The van der Waals surface area contributed by atoms with Crippen LogP contribution in [0.1, 0.15) is 16.1 Å². The third-order valence-electron chi connectivity index (χ3n) is 4.65. The van der Waals surface area contributed by atoms with Crippen molar-refractivity contribution in [2.24, 2.45) is 0 Å². The van der Waals surface area contributed by atoms with Crippen molar-refractivity contribution in [3.05, 3.63) is 90.1 Å². The number of hydrogen-bond donors (Lipinski definition) is 1. The number of amides is 1. The lowest BCUT2D eigenvalue weighted by Gasteiger charge is -2.08. The number of hydrogen-bond acceptors (Lipinski definition) is 6. The molecule has 31 heavy (non-hydrogen) atoms. The number of furan rings is 1. The van der Waals surface area contributed by atoms with E-state index in [1.54, 1.807) is 30.3 Å². The van der Waals surface area contributed by atoms with Crippen LogP contribution >= 0.6 is 0 Å². The molecule has 3 heterocycles. The first-order chi connectivity index (χ1) is 15.2. The van der Waals surface area contributed by atoms with Crippen molar-refractivity contribution < 1.29 is 13.6 Å². The minimum Gasteiger partial charge on any atom is -0.459 e. The molecule has 9 heteroatoms. The fourth-order valence-corrected chi connectivity index (χ4v) is 3.13. The molecule has 0 saturated heterocycles. The van der Waals surface area contributed by atoms with E-state index in [0.29, 0.717) is 17.0 Å². The Morgan fingerprint density at radius 3 is 2.58 bits per heavy atom. The number of carbonyl (C=O) groups excluding carboxylic acids is 1. The topological polar surface area (TPSA) is 98.7 Å². The second-order valence-corrected chi connectivity index (χ2v) is 6.70. The molecule has 0 radical (unpaired) electrons. The van der Waals surface area contributed by atoms with Crippen molar-refractivity contribution in [1.29, 1.82) is 0 Å². The number of nitrogens with one attached hydrogen (secondary N) is 1. The van der Waals surface area contributed by atoms with Gasteiger partial charge in [0.1, 0.15) is 5.82 Å². The van der Waals surface area contributed by atoms with E-state index >= 15 is 0 Å². The van der Waals surface area contributed by atoms with E-state index in [0.717, 1.165) is 5.56 Å². The van der Waals surface area contributed by atoms with Gasteiger partial charge in [-0.1, -0.05) is 53.7 Å². The van der Waals surface area contributed by atoms with E-state index in [-0.39, 0.29) is 29.5 Å². The van der Waals surface area contributed by atoms with Crippen molar-refractivity contribution in [2.45, 2.75) is 6.54 Å². The van der Waals surface area contributed by atoms with Crippen LogP contribution in [-0.4, -0.2) is 30.9 Å². The molecule has 0 aliphatic heterocycles. The van der Waals surface area contributed by atoms with Crippen molar-refractivity contribution in [3.63, 3.8) is 0 Å². The summed E-state index contributed by atoms with van der Waals surface area (Å²) in [6.45, 7) is 0.125. The standard InChI is InChI=1S/C22H15FN6O2/c23-16-10-5-4-9-15(16)13-29-21-18(27-28-29)20(26-22(30)17-11-6-12-31-17)24-19(25-21)14-7-2-1-3-8-14/h1-12H,13H2,(H,24,25,26,30). The third-order valence-corrected chi connectivity index (χ3v) is 4.65. The minimum absolute atomic E-state index is 0.125. The largest absolute Gasteiger partial charge is 0.459 e. The number of halogens is 1. The predicted octanol–water partition coefficient (Wildman–Crippen LogP) is 3.92. The summed E-state index contributed by atoms with van der Waals surface area (Å²) < 4.78 is 20.8. The van der Waals surface area contributed by atoms with Gasteiger partial charge < -0.3 is 9.73 Å². The first-order valence-corrected chi connectivity index (χ1v) is 9.44. The van der Waals surface area contributed by atoms with Gasteiger partial charge >= 0.3 is 0 Å². The SMILES string of the molecule is O=C(Nc1nc(-c2ccccc2)nc2c1nnn2Cc1ccccc1F)c1ccco1. The first-order valence-electron chi connectivity index (χ1n) is 9.44. The Labute approximate surface area is 175 Å². The van der Waals surface area contributed by atoms with Gasteiger partial charge in [-0.3, -0.25) is 4.79 Å². The summed E-state index contributed by atoms with van der Waals surface area (Å²) in [6.07, 6.45) is 1.41. The lowest BCUT2D eigenvalue weighted by molar-refractivity contribution is 0.0996. The molecule has 152 valence electrons. The molecule has 2 aromatic carbocycles. The van der Waals surface area contributed by atoms with Gasteiger partial charge in [-0.2, -0.15) is 0 Å². The van der Waals surface area contributed by atoms with Gasteiger partial charge in [0.05, 0.1) is 12.8 Å². The number of carbonyl (C=O) groups is 1. The molecule has 0 saturated carbocycles. The van der Waals surface area contributed by atoms with Gasteiger partial charge in [-0.25, -0.2) is 19.0 Å². The number of anilines is 1. The molecule has 1 N–H and O–H groups in total. The van der Waals surface area contributed by atoms with Gasteiger partial charge in [0.2, 0.25) is 0 Å². The Balaban J connectivity index is 1.62. The van der Waals surface area contributed by atoms with E-state index in [4.69, 9.17) is 4.42 Å². The van der Waals surface area contributed by atoms with Gasteiger partial charge in [-0.05, 0) is 18.2 Å². The van der Waals surface area contributed by atoms with Crippen LogP contribution in [-0.2, 0) is 6.54 Å². The van der Waals surface area contributed by atoms with Crippen LogP contribution < -0.4 is 5.32 Å². The van der Waals surface area contributed by atoms with E-state index in [2.05, 4.69) is 25.6 Å². The molecule has 0 atom stereocenters. The van der Waals surface area contributed by atoms with Crippen LogP contribution in [0.3, 0.4) is 0 Å². The smallest absolute Gasteiger partial charge is 0.292 e. The highest BCUT2D eigenvalue weighted by molar-refractivity contribution is 6.05. The Kier molecular flexibility index (Phi) is 4.68. The quantitative estimate of drug-likeness (QED) is 0.468. The highest BCUT2D eigenvalue weighted by atomic mass is 19.1. The summed E-state index contributed by atoms with van der Waals surface area (Å²) in [5.74, 6) is -0.140. The normalized spacial score (nSPS) is 11.0. The molecule has 0 unspecified atom stereocenters. The zero-order chi connectivity index (χ0) is 21.2. The lowest BCUT2D eigenvalue weighted by atomic mass is 10.2. The van der Waals surface area contributed by atoms with Gasteiger partial charge in [0.25, 0.3) is 5.91 Å².